The van der Waals surface area contributed by atoms with Crippen molar-refractivity contribution in [2.75, 3.05) is 13.2 Å². The number of unbranched alkanes of at least 4 members (excludes halogenated alkanes) is 2. The van der Waals surface area contributed by atoms with E-state index in [-0.39, 0.29) is 0 Å². The number of hydrogen-bond donors (Lipinski definition) is 0. The zero-order valence-electron chi connectivity index (χ0n) is 9.47. The zero-order chi connectivity index (χ0) is 10.9. The minimum Gasteiger partial charge on any atom is -0.311 e. The molecule has 4 heteroatoms. The van der Waals surface area contributed by atoms with E-state index >= 15 is 0 Å². The van der Waals surface area contributed by atoms with Gasteiger partial charge in [-0.1, -0.05) is 31.3 Å². The monoisotopic (exact) mass is 221 g/mol. The van der Waals surface area contributed by atoms with Gasteiger partial charge in [0.05, 0.1) is 13.2 Å². The highest BCUT2D eigenvalue weighted by Crippen LogP contribution is 2.26. The summed E-state index contributed by atoms with van der Waals surface area (Å²) in [5.74, 6) is 0. The van der Waals surface area contributed by atoms with E-state index in [1.54, 1.807) is 6.92 Å². The van der Waals surface area contributed by atoms with Crippen molar-refractivity contribution in [3.05, 3.63) is 0 Å². The SMILES string of the molecule is CCCCOC(C)(OCCCC)[PH+]=O. The van der Waals surface area contributed by atoms with E-state index in [0.717, 1.165) is 25.7 Å². The van der Waals surface area contributed by atoms with Gasteiger partial charge in [-0.15, -0.1) is 0 Å². The highest BCUT2D eigenvalue weighted by Gasteiger charge is 2.34. The highest BCUT2D eigenvalue weighted by molar-refractivity contribution is 7.25. The molecule has 0 aliphatic carbocycles. The molecule has 0 heterocycles. The lowest BCUT2D eigenvalue weighted by atomic mass is 10.3. The molecule has 0 aromatic heterocycles. The van der Waals surface area contributed by atoms with Crippen LogP contribution in [0.2, 0.25) is 0 Å². The van der Waals surface area contributed by atoms with E-state index in [4.69, 9.17) is 9.47 Å². The van der Waals surface area contributed by atoms with Crippen molar-refractivity contribution in [1.82, 2.24) is 0 Å². The topological polar surface area (TPSA) is 35.5 Å². The average Bonchev–Trinajstić information content (AvgIpc) is 2.19. The van der Waals surface area contributed by atoms with Gasteiger partial charge in [-0.3, -0.25) is 0 Å². The van der Waals surface area contributed by atoms with Gasteiger partial charge in [0.25, 0.3) is 0 Å². The first-order chi connectivity index (χ1) is 6.68. The van der Waals surface area contributed by atoms with Crippen LogP contribution in [0.25, 0.3) is 0 Å². The first kappa shape index (κ1) is 14.0. The number of rotatable bonds is 9. The molecule has 0 spiro atoms. The van der Waals surface area contributed by atoms with Gasteiger partial charge in [0.2, 0.25) is 0 Å². The Bertz CT molecular complexity index is 140. The predicted molar refractivity (Wildman–Crippen MR) is 59.1 cm³/mol. The molecule has 0 aliphatic rings. The van der Waals surface area contributed by atoms with Gasteiger partial charge >= 0.3 is 14.0 Å². The average molecular weight is 221 g/mol. The molecular formula is C10H22O3P+. The lowest BCUT2D eigenvalue weighted by molar-refractivity contribution is -0.164. The van der Waals surface area contributed by atoms with Gasteiger partial charge < -0.3 is 9.47 Å². The third-order valence-electron chi connectivity index (χ3n) is 1.94. The van der Waals surface area contributed by atoms with Gasteiger partial charge in [0.15, 0.2) is 0 Å². The molecule has 1 atom stereocenters. The predicted octanol–water partition coefficient (Wildman–Crippen LogP) is 3.32. The maximum atomic E-state index is 10.9. The lowest BCUT2D eigenvalue weighted by Gasteiger charge is -2.16. The van der Waals surface area contributed by atoms with E-state index in [0.29, 0.717) is 13.2 Å². The van der Waals surface area contributed by atoms with Gasteiger partial charge in [0, 0.05) is 6.92 Å². The van der Waals surface area contributed by atoms with Crippen LogP contribution in [0.3, 0.4) is 0 Å². The van der Waals surface area contributed by atoms with Gasteiger partial charge in [-0.2, -0.15) is 0 Å². The summed E-state index contributed by atoms with van der Waals surface area (Å²) in [6, 6.07) is 0. The summed E-state index contributed by atoms with van der Waals surface area (Å²) in [5.41, 5.74) is -0.885. The van der Waals surface area contributed by atoms with Crippen LogP contribution < -0.4 is 0 Å². The minimum absolute atomic E-state index is 0.570. The zero-order valence-corrected chi connectivity index (χ0v) is 10.5. The molecule has 0 N–H and O–H groups in total. The minimum atomic E-state index is -0.885. The lowest BCUT2D eigenvalue weighted by Crippen LogP contribution is -2.26. The Balaban J connectivity index is 3.73. The molecule has 1 unspecified atom stereocenters. The number of hydrogen-bond acceptors (Lipinski definition) is 3. The smallest absolute Gasteiger partial charge is 0.311 e. The Labute approximate surface area is 88.4 Å². The second-order valence-corrected chi connectivity index (χ2v) is 4.56. The quantitative estimate of drug-likeness (QED) is 0.340. The molecule has 14 heavy (non-hydrogen) atoms. The van der Waals surface area contributed by atoms with Crippen molar-refractivity contribution in [3.63, 3.8) is 0 Å². The maximum Gasteiger partial charge on any atom is 0.390 e. The van der Waals surface area contributed by atoms with E-state index in [1.807, 2.05) is 0 Å². The first-order valence-corrected chi connectivity index (χ1v) is 6.26. The molecule has 0 amide bonds. The summed E-state index contributed by atoms with van der Waals surface area (Å²) < 4.78 is 21.8. The van der Waals surface area contributed by atoms with E-state index in [2.05, 4.69) is 13.8 Å². The van der Waals surface area contributed by atoms with Crippen LogP contribution in [0.4, 0.5) is 0 Å². The molecule has 0 radical (unpaired) electrons. The van der Waals surface area contributed by atoms with E-state index < -0.39 is 14.0 Å². The third-order valence-corrected chi connectivity index (χ3v) is 2.60. The first-order valence-electron chi connectivity index (χ1n) is 5.35. The van der Waals surface area contributed by atoms with E-state index in [9.17, 15) is 4.57 Å². The van der Waals surface area contributed by atoms with E-state index in [1.165, 1.54) is 0 Å². The highest BCUT2D eigenvalue weighted by atomic mass is 31.1. The summed E-state index contributed by atoms with van der Waals surface area (Å²) >= 11 is 0. The molecule has 0 rings (SSSR count). The van der Waals surface area contributed by atoms with Gasteiger partial charge in [0.1, 0.15) is 0 Å². The Morgan fingerprint density at radius 3 is 1.79 bits per heavy atom. The Morgan fingerprint density at radius 1 is 1.07 bits per heavy atom. The van der Waals surface area contributed by atoms with Crippen LogP contribution >= 0.6 is 8.46 Å². The molecule has 0 saturated heterocycles. The fourth-order valence-corrected chi connectivity index (χ4v) is 1.25. The van der Waals surface area contributed by atoms with Crippen molar-refractivity contribution >= 4 is 8.46 Å². The van der Waals surface area contributed by atoms with Gasteiger partial charge in [-0.05, 0) is 12.8 Å². The normalized spacial score (nSPS) is 12.2. The summed E-state index contributed by atoms with van der Waals surface area (Å²) in [4.78, 5) is 0. The Kier molecular flexibility index (Phi) is 8.35. The summed E-state index contributed by atoms with van der Waals surface area (Å²) in [7, 11) is -0.570. The summed E-state index contributed by atoms with van der Waals surface area (Å²) in [5, 5.41) is 0. The van der Waals surface area contributed by atoms with Crippen molar-refractivity contribution in [2.24, 2.45) is 0 Å². The molecule has 3 nitrogen and oxygen atoms in total. The molecule has 0 bridgehead atoms. The number of ether oxygens (including phenoxy) is 2. The van der Waals surface area contributed by atoms with Crippen molar-refractivity contribution in [3.8, 4) is 0 Å². The fourth-order valence-electron chi connectivity index (χ4n) is 0.923. The molecular weight excluding hydrogens is 199 g/mol. The van der Waals surface area contributed by atoms with Crippen LogP contribution in [0.1, 0.15) is 46.5 Å². The maximum absolute atomic E-state index is 10.9. The summed E-state index contributed by atoms with van der Waals surface area (Å²) in [6.45, 7) is 7.17. The second kappa shape index (κ2) is 8.34. The summed E-state index contributed by atoms with van der Waals surface area (Å²) in [6.07, 6.45) is 4.12. The van der Waals surface area contributed by atoms with Crippen LogP contribution in [-0.4, -0.2) is 18.7 Å². The van der Waals surface area contributed by atoms with Crippen LogP contribution in [0, 0.1) is 0 Å². The van der Waals surface area contributed by atoms with Crippen LogP contribution in [0.15, 0.2) is 0 Å². The second-order valence-electron chi connectivity index (χ2n) is 3.45. The van der Waals surface area contributed by atoms with Crippen molar-refractivity contribution in [2.45, 2.75) is 52.0 Å². The molecule has 0 aromatic carbocycles. The molecule has 0 aliphatic heterocycles. The molecule has 0 aromatic rings. The Hall–Kier alpha value is 0.0200. The van der Waals surface area contributed by atoms with Gasteiger partial charge in [-0.25, -0.2) is 0 Å². The standard InChI is InChI=1S/C10H21O3P/c1-4-6-8-12-10(3,14-11)13-9-7-5-2/h4-9H2,1-3H3/p+1. The Morgan fingerprint density at radius 2 is 1.50 bits per heavy atom. The molecule has 84 valence electrons. The fraction of sp³-hybridized carbons (Fsp3) is 1.00. The largest absolute Gasteiger partial charge is 0.390 e. The molecule has 0 fully saturated rings. The van der Waals surface area contributed by atoms with Crippen molar-refractivity contribution in [1.29, 1.82) is 0 Å². The van der Waals surface area contributed by atoms with Crippen molar-refractivity contribution < 1.29 is 14.0 Å². The third kappa shape index (κ3) is 6.47. The van der Waals surface area contributed by atoms with Crippen LogP contribution in [-0.2, 0) is 14.0 Å². The molecule has 0 saturated carbocycles. The van der Waals surface area contributed by atoms with Crippen LogP contribution in [0.5, 0.6) is 0 Å².